The van der Waals surface area contributed by atoms with Crippen LogP contribution in [0.15, 0.2) is 29.2 Å². The largest absolute Gasteiger partial charge is 0.351 e. The topological polar surface area (TPSA) is 66.5 Å². The zero-order valence-corrected chi connectivity index (χ0v) is 15.4. The van der Waals surface area contributed by atoms with E-state index in [4.69, 9.17) is 0 Å². The molecule has 0 aromatic heterocycles. The molecule has 0 aliphatic carbocycles. The van der Waals surface area contributed by atoms with Crippen LogP contribution in [0.2, 0.25) is 0 Å². The molecule has 1 aromatic rings. The monoisotopic (exact) mass is 356 g/mol. The van der Waals surface area contributed by atoms with Gasteiger partial charge in [-0.3, -0.25) is 9.69 Å². The van der Waals surface area contributed by atoms with Crippen LogP contribution in [0.5, 0.6) is 0 Å². The molecule has 7 heteroatoms. The lowest BCUT2D eigenvalue weighted by atomic mass is 10.1. The number of rotatable bonds is 6. The van der Waals surface area contributed by atoms with Gasteiger partial charge in [0.2, 0.25) is 5.91 Å². The molecule has 23 heavy (non-hydrogen) atoms. The minimum Gasteiger partial charge on any atom is -0.351 e. The molecular formula is C16H24N2O3S2. The Morgan fingerprint density at radius 3 is 2.57 bits per heavy atom. The van der Waals surface area contributed by atoms with Gasteiger partial charge in [-0.15, -0.1) is 11.8 Å². The van der Waals surface area contributed by atoms with E-state index in [9.17, 15) is 13.2 Å². The van der Waals surface area contributed by atoms with E-state index in [0.717, 1.165) is 5.56 Å². The van der Waals surface area contributed by atoms with Crippen LogP contribution in [0.3, 0.4) is 0 Å². The van der Waals surface area contributed by atoms with Crippen LogP contribution in [0.4, 0.5) is 0 Å². The van der Waals surface area contributed by atoms with Crippen molar-refractivity contribution in [2.24, 2.45) is 0 Å². The maximum absolute atomic E-state index is 12.3. The smallest absolute Gasteiger partial charge is 0.237 e. The van der Waals surface area contributed by atoms with E-state index < -0.39 is 9.84 Å². The van der Waals surface area contributed by atoms with Crippen molar-refractivity contribution in [1.82, 2.24) is 10.2 Å². The van der Waals surface area contributed by atoms with Crippen molar-refractivity contribution in [1.29, 1.82) is 0 Å². The summed E-state index contributed by atoms with van der Waals surface area (Å²) in [5.74, 6) is 0.116. The predicted octanol–water partition coefficient (Wildman–Crippen LogP) is 1.53. The van der Waals surface area contributed by atoms with Crippen LogP contribution in [-0.4, -0.2) is 56.1 Å². The maximum atomic E-state index is 12.3. The van der Waals surface area contributed by atoms with Crippen LogP contribution in [-0.2, 0) is 21.2 Å². The molecule has 1 amide bonds. The molecule has 1 N–H and O–H groups in total. The Morgan fingerprint density at radius 2 is 2.04 bits per heavy atom. The van der Waals surface area contributed by atoms with Crippen molar-refractivity contribution >= 4 is 27.5 Å². The van der Waals surface area contributed by atoms with Crippen molar-refractivity contribution in [3.05, 3.63) is 29.8 Å². The molecule has 1 aromatic carbocycles. The van der Waals surface area contributed by atoms with Gasteiger partial charge >= 0.3 is 0 Å². The summed E-state index contributed by atoms with van der Waals surface area (Å²) in [6, 6.07) is 7.72. The molecule has 0 spiro atoms. The van der Waals surface area contributed by atoms with Crippen molar-refractivity contribution in [2.45, 2.75) is 36.9 Å². The summed E-state index contributed by atoms with van der Waals surface area (Å²) >= 11 is 1.70. The molecule has 2 atom stereocenters. The number of amides is 1. The first-order chi connectivity index (χ1) is 10.8. The molecule has 1 aliphatic heterocycles. The third-order valence-electron chi connectivity index (χ3n) is 4.21. The van der Waals surface area contributed by atoms with Gasteiger partial charge in [0.25, 0.3) is 0 Å². The van der Waals surface area contributed by atoms with Crippen LogP contribution < -0.4 is 5.32 Å². The van der Waals surface area contributed by atoms with E-state index in [1.165, 1.54) is 4.90 Å². The Kier molecular flexibility index (Phi) is 6.11. The highest BCUT2D eigenvalue weighted by atomic mass is 32.2. The second-order valence-corrected chi connectivity index (χ2v) is 9.16. The highest BCUT2D eigenvalue weighted by molar-refractivity contribution is 7.98. The third-order valence-corrected chi connectivity index (χ3v) is 6.72. The lowest BCUT2D eigenvalue weighted by Gasteiger charge is -2.25. The Balaban J connectivity index is 1.88. The van der Waals surface area contributed by atoms with Gasteiger partial charge in [0.05, 0.1) is 17.5 Å². The van der Waals surface area contributed by atoms with Crippen LogP contribution in [0.25, 0.3) is 0 Å². The van der Waals surface area contributed by atoms with Crippen molar-refractivity contribution in [3.8, 4) is 0 Å². The van der Waals surface area contributed by atoms with Gasteiger partial charge in [0, 0.05) is 17.5 Å². The fourth-order valence-corrected chi connectivity index (χ4v) is 4.67. The van der Waals surface area contributed by atoms with Gasteiger partial charge in [-0.25, -0.2) is 8.42 Å². The fraction of sp³-hybridized carbons (Fsp3) is 0.562. The SMILES string of the molecule is CSc1ccc(CN(C)C(C)C(=O)NC2CCS(=O)(=O)C2)cc1. The van der Waals surface area contributed by atoms with E-state index in [-0.39, 0.29) is 29.5 Å². The number of carbonyl (C=O) groups is 1. The molecule has 0 radical (unpaired) electrons. The van der Waals surface area contributed by atoms with Gasteiger partial charge < -0.3 is 5.32 Å². The lowest BCUT2D eigenvalue weighted by molar-refractivity contribution is -0.126. The number of nitrogens with zero attached hydrogens (tertiary/aromatic N) is 1. The Bertz CT molecular complexity index is 644. The molecule has 2 rings (SSSR count). The molecule has 2 unspecified atom stereocenters. The molecule has 0 bridgehead atoms. The van der Waals surface area contributed by atoms with E-state index >= 15 is 0 Å². The number of sulfone groups is 1. The van der Waals surface area contributed by atoms with Crippen molar-refractivity contribution in [3.63, 3.8) is 0 Å². The summed E-state index contributed by atoms with van der Waals surface area (Å²) in [6.45, 7) is 2.52. The third kappa shape index (κ3) is 5.22. The molecule has 128 valence electrons. The molecule has 0 saturated carbocycles. The highest BCUT2D eigenvalue weighted by Gasteiger charge is 2.30. The number of carbonyl (C=O) groups excluding carboxylic acids is 1. The zero-order valence-electron chi connectivity index (χ0n) is 13.8. The first kappa shape index (κ1) is 18.3. The Labute approximate surface area is 142 Å². The summed E-state index contributed by atoms with van der Waals surface area (Å²) in [5.41, 5.74) is 1.15. The van der Waals surface area contributed by atoms with Gasteiger partial charge in [-0.2, -0.15) is 0 Å². The van der Waals surface area contributed by atoms with Gasteiger partial charge in [-0.05, 0) is 44.3 Å². The maximum Gasteiger partial charge on any atom is 0.237 e. The number of hydrogen-bond acceptors (Lipinski definition) is 5. The van der Waals surface area contributed by atoms with E-state index in [2.05, 4.69) is 29.6 Å². The number of nitrogens with one attached hydrogen (secondary N) is 1. The minimum absolute atomic E-state index is 0.0608. The standard InChI is InChI=1S/C16H24N2O3S2/c1-12(16(19)17-14-8-9-23(20,21)11-14)18(2)10-13-4-6-15(22-3)7-5-13/h4-7,12,14H,8-11H2,1-3H3,(H,17,19). The molecular weight excluding hydrogens is 332 g/mol. The van der Waals surface area contributed by atoms with E-state index in [1.807, 2.05) is 25.1 Å². The van der Waals surface area contributed by atoms with Crippen LogP contribution >= 0.6 is 11.8 Å². The van der Waals surface area contributed by atoms with Crippen LogP contribution in [0, 0.1) is 0 Å². The second-order valence-electron chi connectivity index (χ2n) is 6.05. The number of thioether (sulfide) groups is 1. The average Bonchev–Trinajstić information content (AvgIpc) is 2.85. The molecule has 1 saturated heterocycles. The van der Waals surface area contributed by atoms with Crippen LogP contribution in [0.1, 0.15) is 18.9 Å². The number of benzene rings is 1. The minimum atomic E-state index is -2.97. The second kappa shape index (κ2) is 7.68. The summed E-state index contributed by atoms with van der Waals surface area (Å²) in [6.07, 6.45) is 2.55. The normalized spacial score (nSPS) is 21.3. The Hall–Kier alpha value is -1.05. The quantitative estimate of drug-likeness (QED) is 0.783. The molecule has 1 fully saturated rings. The van der Waals surface area contributed by atoms with Gasteiger partial charge in [0.15, 0.2) is 9.84 Å². The predicted molar refractivity (Wildman–Crippen MR) is 94.4 cm³/mol. The summed E-state index contributed by atoms with van der Waals surface area (Å²) in [7, 11) is -1.07. The molecule has 1 heterocycles. The Morgan fingerprint density at radius 1 is 1.39 bits per heavy atom. The summed E-state index contributed by atoms with van der Waals surface area (Å²) in [5, 5.41) is 2.86. The van der Waals surface area contributed by atoms with E-state index in [1.54, 1.807) is 11.8 Å². The zero-order chi connectivity index (χ0) is 17.0. The lowest BCUT2D eigenvalue weighted by Crippen LogP contribution is -2.47. The number of likely N-dealkylation sites (N-methyl/N-ethyl adjacent to an activating group) is 1. The molecule has 5 nitrogen and oxygen atoms in total. The summed E-state index contributed by atoms with van der Waals surface area (Å²) in [4.78, 5) is 15.5. The van der Waals surface area contributed by atoms with Crippen molar-refractivity contribution < 1.29 is 13.2 Å². The van der Waals surface area contributed by atoms with Gasteiger partial charge in [0.1, 0.15) is 0 Å². The van der Waals surface area contributed by atoms with Crippen molar-refractivity contribution in [2.75, 3.05) is 24.8 Å². The van der Waals surface area contributed by atoms with E-state index in [0.29, 0.717) is 13.0 Å². The first-order valence-electron chi connectivity index (χ1n) is 7.64. The molecule has 1 aliphatic rings. The van der Waals surface area contributed by atoms with Gasteiger partial charge in [-0.1, -0.05) is 12.1 Å². The number of hydrogen-bond donors (Lipinski definition) is 1. The highest BCUT2D eigenvalue weighted by Crippen LogP contribution is 2.16. The first-order valence-corrected chi connectivity index (χ1v) is 10.7. The summed E-state index contributed by atoms with van der Waals surface area (Å²) < 4.78 is 22.9. The average molecular weight is 357 g/mol. The fourth-order valence-electron chi connectivity index (χ4n) is 2.59.